The molecule has 0 aliphatic carbocycles. The molecule has 31 heavy (non-hydrogen) atoms. The fourth-order valence-corrected chi connectivity index (χ4v) is 3.10. The Bertz CT molecular complexity index is 961. The number of nitrogens with zero attached hydrogens (tertiary/aromatic N) is 3. The number of alkyl halides is 3. The van der Waals surface area contributed by atoms with Gasteiger partial charge in [0.15, 0.2) is 0 Å². The molecule has 0 fully saturated rings. The number of ether oxygens (including phenoxy) is 1. The molecule has 0 radical (unpaired) electrons. The zero-order valence-electron chi connectivity index (χ0n) is 16.8. The first-order chi connectivity index (χ1) is 14.6. The molecule has 1 aliphatic heterocycles. The number of rotatable bonds is 4. The molecule has 0 unspecified atom stereocenters. The van der Waals surface area contributed by atoms with E-state index in [1.807, 2.05) is 27.7 Å². The molecule has 0 spiro atoms. The second kappa shape index (κ2) is 10.7. The van der Waals surface area contributed by atoms with Gasteiger partial charge in [0.2, 0.25) is 5.91 Å². The number of pyridine rings is 2. The summed E-state index contributed by atoms with van der Waals surface area (Å²) in [7, 11) is 1.52. The number of hydrogen-bond acceptors (Lipinski definition) is 5. The molecular formula is C20H22F3N3O5. The maximum absolute atomic E-state index is 12.4. The van der Waals surface area contributed by atoms with Crippen molar-refractivity contribution in [2.24, 2.45) is 0 Å². The lowest BCUT2D eigenvalue weighted by molar-refractivity contribution is -0.192. The second-order valence-electron chi connectivity index (χ2n) is 6.70. The fraction of sp³-hybridized carbons (Fsp3) is 0.400. The number of fused-ring (bicyclic) bond motifs is 1. The predicted molar refractivity (Wildman–Crippen MR) is 104 cm³/mol. The van der Waals surface area contributed by atoms with Crippen molar-refractivity contribution in [3.05, 3.63) is 63.8 Å². The largest absolute Gasteiger partial charge is 0.490 e. The third kappa shape index (κ3) is 6.92. The van der Waals surface area contributed by atoms with E-state index in [0.29, 0.717) is 26.1 Å². The SMILES string of the molecule is COCC(=O)N1CCc2ccc(=O)n(Cc3ccncc3)c2CC1.O=C(O)C(F)(F)F. The number of aromatic nitrogens is 2. The first kappa shape index (κ1) is 24.1. The molecule has 0 aromatic carbocycles. The fourth-order valence-electron chi connectivity index (χ4n) is 3.10. The molecule has 1 amide bonds. The van der Waals surface area contributed by atoms with Gasteiger partial charge in [-0.2, -0.15) is 13.2 Å². The predicted octanol–water partition coefficient (Wildman–Crippen LogP) is 1.50. The van der Waals surface area contributed by atoms with E-state index in [1.54, 1.807) is 18.5 Å². The lowest BCUT2D eigenvalue weighted by atomic mass is 10.1. The van der Waals surface area contributed by atoms with Crippen LogP contribution in [0.4, 0.5) is 13.2 Å². The van der Waals surface area contributed by atoms with Gasteiger partial charge in [0.25, 0.3) is 5.56 Å². The van der Waals surface area contributed by atoms with Gasteiger partial charge in [-0.05, 0) is 29.7 Å². The topological polar surface area (TPSA) is 102 Å². The Labute approximate surface area is 175 Å². The minimum Gasteiger partial charge on any atom is -0.475 e. The summed E-state index contributed by atoms with van der Waals surface area (Å²) in [6.07, 6.45) is -0.201. The second-order valence-corrected chi connectivity index (χ2v) is 6.70. The van der Waals surface area contributed by atoms with E-state index in [1.165, 1.54) is 7.11 Å². The average molecular weight is 441 g/mol. The summed E-state index contributed by atoms with van der Waals surface area (Å²) in [5, 5.41) is 7.12. The lowest BCUT2D eigenvalue weighted by Gasteiger charge is -2.19. The van der Waals surface area contributed by atoms with Crippen molar-refractivity contribution in [2.45, 2.75) is 25.6 Å². The van der Waals surface area contributed by atoms with Crippen molar-refractivity contribution >= 4 is 11.9 Å². The molecule has 168 valence electrons. The highest BCUT2D eigenvalue weighted by Gasteiger charge is 2.38. The van der Waals surface area contributed by atoms with Crippen LogP contribution in [0.2, 0.25) is 0 Å². The Kier molecular flexibility index (Phi) is 8.31. The molecule has 1 aliphatic rings. The minimum atomic E-state index is -5.08. The van der Waals surface area contributed by atoms with Gasteiger partial charge in [0.05, 0.1) is 6.54 Å². The highest BCUT2D eigenvalue weighted by molar-refractivity contribution is 5.77. The van der Waals surface area contributed by atoms with Crippen LogP contribution in [0.3, 0.4) is 0 Å². The number of halogens is 3. The van der Waals surface area contributed by atoms with Gasteiger partial charge < -0.3 is 19.3 Å². The summed E-state index contributed by atoms with van der Waals surface area (Å²) in [4.78, 5) is 39.2. The van der Waals surface area contributed by atoms with Crippen molar-refractivity contribution in [1.82, 2.24) is 14.5 Å². The van der Waals surface area contributed by atoms with Crippen LogP contribution in [0.25, 0.3) is 0 Å². The van der Waals surface area contributed by atoms with E-state index < -0.39 is 12.1 Å². The highest BCUT2D eigenvalue weighted by atomic mass is 19.4. The summed E-state index contributed by atoms with van der Waals surface area (Å²) in [6.45, 7) is 1.88. The smallest absolute Gasteiger partial charge is 0.475 e. The zero-order valence-corrected chi connectivity index (χ0v) is 16.8. The van der Waals surface area contributed by atoms with Crippen molar-refractivity contribution < 1.29 is 32.6 Å². The van der Waals surface area contributed by atoms with Gasteiger partial charge in [0, 0.05) is 50.8 Å². The Morgan fingerprint density at radius 3 is 2.32 bits per heavy atom. The molecule has 0 saturated carbocycles. The van der Waals surface area contributed by atoms with E-state index in [0.717, 1.165) is 23.2 Å². The van der Waals surface area contributed by atoms with E-state index >= 15 is 0 Å². The number of amides is 1. The molecule has 2 aromatic heterocycles. The molecular weight excluding hydrogens is 419 g/mol. The lowest BCUT2D eigenvalue weighted by Crippen LogP contribution is -2.35. The molecule has 3 heterocycles. The van der Waals surface area contributed by atoms with Gasteiger partial charge in [-0.25, -0.2) is 4.79 Å². The quantitative estimate of drug-likeness (QED) is 0.772. The van der Waals surface area contributed by atoms with Crippen LogP contribution in [-0.4, -0.2) is 64.4 Å². The van der Waals surface area contributed by atoms with Crippen molar-refractivity contribution in [2.75, 3.05) is 26.8 Å². The summed E-state index contributed by atoms with van der Waals surface area (Å²) in [5.41, 5.74) is 3.18. The van der Waals surface area contributed by atoms with Gasteiger partial charge >= 0.3 is 12.1 Å². The maximum atomic E-state index is 12.4. The summed E-state index contributed by atoms with van der Waals surface area (Å²) in [6, 6.07) is 7.34. The number of aliphatic carboxylic acids is 1. The molecule has 11 heteroatoms. The number of carboxylic acid groups (broad SMARTS) is 1. The third-order valence-electron chi connectivity index (χ3n) is 4.61. The molecule has 0 saturated heterocycles. The number of hydrogen-bond donors (Lipinski definition) is 1. The van der Waals surface area contributed by atoms with Crippen LogP contribution >= 0.6 is 0 Å². The minimum absolute atomic E-state index is 0.00617. The number of carboxylic acids is 1. The Morgan fingerprint density at radius 1 is 1.13 bits per heavy atom. The number of carbonyl (C=O) groups excluding carboxylic acids is 1. The van der Waals surface area contributed by atoms with E-state index in [-0.39, 0.29) is 18.1 Å². The molecule has 0 bridgehead atoms. The van der Waals surface area contributed by atoms with E-state index in [4.69, 9.17) is 14.6 Å². The number of carbonyl (C=O) groups is 2. The van der Waals surface area contributed by atoms with Gasteiger partial charge in [0.1, 0.15) is 6.61 Å². The highest BCUT2D eigenvalue weighted by Crippen LogP contribution is 2.16. The Balaban J connectivity index is 0.000000423. The zero-order chi connectivity index (χ0) is 23.0. The summed E-state index contributed by atoms with van der Waals surface area (Å²) in [5.74, 6) is -2.76. The van der Waals surface area contributed by atoms with Crippen LogP contribution in [0.1, 0.15) is 16.8 Å². The van der Waals surface area contributed by atoms with Crippen LogP contribution < -0.4 is 5.56 Å². The number of methoxy groups -OCH3 is 1. The summed E-state index contributed by atoms with van der Waals surface area (Å²) >= 11 is 0. The molecule has 2 aromatic rings. The molecule has 0 atom stereocenters. The first-order valence-corrected chi connectivity index (χ1v) is 9.30. The van der Waals surface area contributed by atoms with E-state index in [9.17, 15) is 22.8 Å². The van der Waals surface area contributed by atoms with Crippen LogP contribution in [0.5, 0.6) is 0 Å². The molecule has 3 rings (SSSR count). The van der Waals surface area contributed by atoms with Crippen molar-refractivity contribution in [3.8, 4) is 0 Å². The third-order valence-corrected chi connectivity index (χ3v) is 4.61. The van der Waals surface area contributed by atoms with Crippen molar-refractivity contribution in [3.63, 3.8) is 0 Å². The first-order valence-electron chi connectivity index (χ1n) is 9.30. The monoisotopic (exact) mass is 441 g/mol. The Morgan fingerprint density at radius 2 is 1.74 bits per heavy atom. The van der Waals surface area contributed by atoms with Gasteiger partial charge in [-0.3, -0.25) is 14.6 Å². The summed E-state index contributed by atoms with van der Waals surface area (Å²) < 4.78 is 38.5. The van der Waals surface area contributed by atoms with Gasteiger partial charge in [-0.1, -0.05) is 6.07 Å². The van der Waals surface area contributed by atoms with Crippen LogP contribution in [0, 0.1) is 0 Å². The van der Waals surface area contributed by atoms with Gasteiger partial charge in [-0.15, -0.1) is 0 Å². The van der Waals surface area contributed by atoms with Crippen LogP contribution in [-0.2, 0) is 33.7 Å². The molecule has 1 N–H and O–H groups in total. The normalized spacial score (nSPS) is 13.5. The molecule has 8 nitrogen and oxygen atoms in total. The standard InChI is InChI=1S/C18H21N3O3.C2HF3O2/c1-24-13-18(23)20-10-6-15-2-3-17(22)21(16(15)7-11-20)12-14-4-8-19-9-5-14;3-2(4,5)1(6)7/h2-5,8-9H,6-7,10-13H2,1H3;(H,6,7). The maximum Gasteiger partial charge on any atom is 0.490 e. The van der Waals surface area contributed by atoms with E-state index in [2.05, 4.69) is 4.98 Å². The van der Waals surface area contributed by atoms with Crippen LogP contribution in [0.15, 0.2) is 41.5 Å². The Hall–Kier alpha value is -3.21. The van der Waals surface area contributed by atoms with Crippen molar-refractivity contribution in [1.29, 1.82) is 0 Å². The average Bonchev–Trinajstić information content (AvgIpc) is 2.94.